The van der Waals surface area contributed by atoms with Crippen molar-refractivity contribution in [1.29, 1.82) is 0 Å². The van der Waals surface area contributed by atoms with Gasteiger partial charge in [0.1, 0.15) is 18.1 Å². The van der Waals surface area contributed by atoms with Gasteiger partial charge in [-0.25, -0.2) is 4.79 Å². The third kappa shape index (κ3) is 2.78. The van der Waals surface area contributed by atoms with Crippen LogP contribution in [0.25, 0.3) is 11.3 Å². The monoisotopic (exact) mass is 313 g/mol. The number of furan rings is 1. The molecule has 1 aromatic carbocycles. The van der Waals surface area contributed by atoms with E-state index in [4.69, 9.17) is 9.15 Å². The molecule has 4 rings (SSSR count). The lowest BCUT2D eigenvalue weighted by Gasteiger charge is -2.13. The summed E-state index contributed by atoms with van der Waals surface area (Å²) in [4.78, 5) is 14.0. The lowest BCUT2D eigenvalue weighted by molar-refractivity contribution is 0.0535. The number of carbonyl (C=O) groups excluding carboxylic acids is 1. The van der Waals surface area contributed by atoms with E-state index < -0.39 is 0 Å². The van der Waals surface area contributed by atoms with Crippen LogP contribution < -0.4 is 0 Å². The summed E-state index contributed by atoms with van der Waals surface area (Å²) in [6.45, 7) is 3.27. The van der Waals surface area contributed by atoms with Gasteiger partial charge in [0.05, 0.1) is 12.1 Å². The maximum atomic E-state index is 11.7. The fourth-order valence-corrected chi connectivity index (χ4v) is 3.31. The Morgan fingerprint density at radius 3 is 3.00 bits per heavy atom. The first-order valence-corrected chi connectivity index (χ1v) is 7.95. The molecule has 2 aliphatic heterocycles. The van der Waals surface area contributed by atoms with E-state index in [2.05, 4.69) is 4.90 Å². The van der Waals surface area contributed by atoms with Crippen LogP contribution in [0.3, 0.4) is 0 Å². The molecule has 5 nitrogen and oxygen atoms in total. The number of fused-ring (bicyclic) bond motifs is 1. The zero-order chi connectivity index (χ0) is 15.8. The molecule has 0 spiro atoms. The van der Waals surface area contributed by atoms with Gasteiger partial charge in [0, 0.05) is 24.3 Å². The van der Waals surface area contributed by atoms with E-state index in [1.807, 2.05) is 30.3 Å². The van der Waals surface area contributed by atoms with E-state index in [0.29, 0.717) is 18.1 Å². The van der Waals surface area contributed by atoms with Crippen molar-refractivity contribution >= 4 is 5.97 Å². The van der Waals surface area contributed by atoms with Crippen molar-refractivity contribution in [2.45, 2.75) is 19.6 Å². The summed E-state index contributed by atoms with van der Waals surface area (Å²) < 4.78 is 11.0. The highest BCUT2D eigenvalue weighted by atomic mass is 16.5. The van der Waals surface area contributed by atoms with Gasteiger partial charge in [-0.2, -0.15) is 0 Å². The number of cyclic esters (lactones) is 1. The van der Waals surface area contributed by atoms with E-state index in [1.54, 1.807) is 0 Å². The molecule has 0 amide bonds. The SMILES string of the molecule is O=C1OCc2ccc(-c3ccc(CN4CCC(CO)C4)o3)cc21. The van der Waals surface area contributed by atoms with Gasteiger partial charge < -0.3 is 14.3 Å². The second kappa shape index (κ2) is 5.83. The van der Waals surface area contributed by atoms with E-state index in [-0.39, 0.29) is 12.6 Å². The highest BCUT2D eigenvalue weighted by Crippen LogP contribution is 2.29. The average molecular weight is 313 g/mol. The highest BCUT2D eigenvalue weighted by molar-refractivity contribution is 5.94. The van der Waals surface area contributed by atoms with Gasteiger partial charge in [-0.05, 0) is 37.1 Å². The summed E-state index contributed by atoms with van der Waals surface area (Å²) in [5.41, 5.74) is 2.45. The Bertz CT molecular complexity index is 736. The summed E-state index contributed by atoms with van der Waals surface area (Å²) in [6, 6.07) is 9.64. The Labute approximate surface area is 134 Å². The number of aliphatic hydroxyl groups is 1. The number of likely N-dealkylation sites (tertiary alicyclic amines) is 1. The largest absolute Gasteiger partial charge is 0.460 e. The molecule has 3 heterocycles. The molecule has 0 aliphatic carbocycles. The molecule has 2 aliphatic rings. The van der Waals surface area contributed by atoms with E-state index in [9.17, 15) is 9.90 Å². The first-order valence-electron chi connectivity index (χ1n) is 7.95. The van der Waals surface area contributed by atoms with Crippen molar-refractivity contribution < 1.29 is 19.1 Å². The number of ether oxygens (including phenoxy) is 1. The number of hydrogen-bond acceptors (Lipinski definition) is 5. The van der Waals surface area contributed by atoms with E-state index in [1.165, 1.54) is 0 Å². The smallest absolute Gasteiger partial charge is 0.338 e. The van der Waals surface area contributed by atoms with E-state index >= 15 is 0 Å². The number of esters is 1. The van der Waals surface area contributed by atoms with Crippen LogP contribution in [0.2, 0.25) is 0 Å². The quantitative estimate of drug-likeness (QED) is 0.878. The van der Waals surface area contributed by atoms with Gasteiger partial charge >= 0.3 is 5.97 Å². The van der Waals surface area contributed by atoms with E-state index in [0.717, 1.165) is 48.7 Å². The number of carbonyl (C=O) groups is 1. The second-order valence-corrected chi connectivity index (χ2v) is 6.29. The molecule has 1 atom stereocenters. The third-order valence-electron chi connectivity index (χ3n) is 4.64. The minimum absolute atomic E-state index is 0.255. The predicted octanol–water partition coefficient (Wildman–Crippen LogP) is 2.43. The van der Waals surface area contributed by atoms with Crippen molar-refractivity contribution in [1.82, 2.24) is 4.90 Å². The second-order valence-electron chi connectivity index (χ2n) is 6.29. The average Bonchev–Trinajstić information content (AvgIpc) is 3.29. The van der Waals surface area contributed by atoms with Crippen LogP contribution in [0, 0.1) is 5.92 Å². The fourth-order valence-electron chi connectivity index (χ4n) is 3.31. The topological polar surface area (TPSA) is 62.9 Å². The van der Waals surface area contributed by atoms with Gasteiger partial charge in [0.2, 0.25) is 0 Å². The van der Waals surface area contributed by atoms with Crippen LogP contribution in [0.15, 0.2) is 34.7 Å². The summed E-state index contributed by atoms with van der Waals surface area (Å²) >= 11 is 0. The van der Waals surface area contributed by atoms with Crippen LogP contribution in [0.4, 0.5) is 0 Å². The number of benzene rings is 1. The Morgan fingerprint density at radius 2 is 2.17 bits per heavy atom. The highest BCUT2D eigenvalue weighted by Gasteiger charge is 2.24. The van der Waals surface area contributed by atoms with Crippen LogP contribution >= 0.6 is 0 Å². The van der Waals surface area contributed by atoms with Crippen molar-refractivity contribution in [3.05, 3.63) is 47.2 Å². The summed E-state index contributed by atoms with van der Waals surface area (Å²) in [7, 11) is 0. The number of hydrogen-bond donors (Lipinski definition) is 1. The lowest BCUT2D eigenvalue weighted by Crippen LogP contribution is -2.20. The Kier molecular flexibility index (Phi) is 3.67. The number of nitrogens with zero attached hydrogens (tertiary/aromatic N) is 1. The first-order chi connectivity index (χ1) is 11.2. The van der Waals surface area contributed by atoms with Crippen molar-refractivity contribution in [3.8, 4) is 11.3 Å². The Hall–Kier alpha value is -2.11. The summed E-state index contributed by atoms with van der Waals surface area (Å²) in [5, 5.41) is 9.21. The van der Waals surface area contributed by atoms with Crippen molar-refractivity contribution in [2.75, 3.05) is 19.7 Å². The molecule has 2 aromatic rings. The summed E-state index contributed by atoms with van der Waals surface area (Å²) in [6.07, 6.45) is 1.04. The molecule has 5 heteroatoms. The molecule has 0 bridgehead atoms. The number of rotatable bonds is 4. The maximum absolute atomic E-state index is 11.7. The first kappa shape index (κ1) is 14.5. The molecule has 120 valence electrons. The van der Waals surface area contributed by atoms with Crippen LogP contribution in [0.5, 0.6) is 0 Å². The molecule has 0 saturated carbocycles. The van der Waals surface area contributed by atoms with Crippen LogP contribution in [-0.2, 0) is 17.9 Å². The van der Waals surface area contributed by atoms with Crippen molar-refractivity contribution in [3.63, 3.8) is 0 Å². The molecule has 1 aromatic heterocycles. The predicted molar refractivity (Wildman–Crippen MR) is 83.7 cm³/mol. The summed E-state index contributed by atoms with van der Waals surface area (Å²) in [5.74, 6) is 1.79. The van der Waals surface area contributed by atoms with Crippen LogP contribution in [-0.4, -0.2) is 35.7 Å². The van der Waals surface area contributed by atoms with Gasteiger partial charge in [-0.3, -0.25) is 4.90 Å². The number of aliphatic hydroxyl groups excluding tert-OH is 1. The van der Waals surface area contributed by atoms with Gasteiger partial charge in [0.25, 0.3) is 0 Å². The zero-order valence-electron chi connectivity index (χ0n) is 12.8. The normalized spacial score (nSPS) is 20.7. The molecule has 1 unspecified atom stereocenters. The lowest BCUT2D eigenvalue weighted by atomic mass is 10.0. The fraction of sp³-hybridized carbons (Fsp3) is 0.389. The zero-order valence-corrected chi connectivity index (χ0v) is 12.8. The third-order valence-corrected chi connectivity index (χ3v) is 4.64. The standard InChI is InChI=1S/C18H19NO4/c20-10-12-5-6-19(8-12)9-15-3-4-17(23-15)13-1-2-14-11-22-18(21)16(14)7-13/h1-4,7,12,20H,5-6,8-11H2. The minimum Gasteiger partial charge on any atom is -0.460 e. The molecule has 1 fully saturated rings. The molecule has 23 heavy (non-hydrogen) atoms. The van der Waals surface area contributed by atoms with Gasteiger partial charge in [0.15, 0.2) is 0 Å². The maximum Gasteiger partial charge on any atom is 0.338 e. The Balaban J connectivity index is 1.50. The molecular formula is C18H19NO4. The van der Waals surface area contributed by atoms with Crippen LogP contribution in [0.1, 0.15) is 28.1 Å². The van der Waals surface area contributed by atoms with Gasteiger partial charge in [-0.1, -0.05) is 12.1 Å². The Morgan fingerprint density at radius 1 is 1.26 bits per heavy atom. The molecule has 1 N–H and O–H groups in total. The van der Waals surface area contributed by atoms with Crippen molar-refractivity contribution in [2.24, 2.45) is 5.92 Å². The molecular weight excluding hydrogens is 294 g/mol. The molecule has 0 radical (unpaired) electrons. The minimum atomic E-state index is -0.263. The van der Waals surface area contributed by atoms with Gasteiger partial charge in [-0.15, -0.1) is 0 Å². The molecule has 1 saturated heterocycles.